The van der Waals surface area contributed by atoms with Crippen molar-refractivity contribution in [1.82, 2.24) is 4.90 Å². The fraction of sp³-hybridized carbons (Fsp3) is 1.00. The van der Waals surface area contributed by atoms with Gasteiger partial charge in [0.25, 0.3) is 0 Å². The van der Waals surface area contributed by atoms with Crippen LogP contribution >= 0.6 is 12.4 Å². The van der Waals surface area contributed by atoms with Crippen LogP contribution in [-0.2, 0) is 0 Å². The highest BCUT2D eigenvalue weighted by atomic mass is 35.5. The van der Waals surface area contributed by atoms with Crippen molar-refractivity contribution < 1.29 is 0 Å². The first kappa shape index (κ1) is 26.5. The maximum Gasteiger partial charge on any atom is 0.00891 e. The number of unbranched alkanes of at least 4 members (excludes halogenated alkanes) is 13. The third-order valence-electron chi connectivity index (χ3n) is 5.26. The number of nitrogens with zero attached hydrogens (tertiary/aromatic N) is 1. The second kappa shape index (κ2) is 21.3. The molecule has 0 aromatic heterocycles. The van der Waals surface area contributed by atoms with Crippen LogP contribution in [0.2, 0.25) is 0 Å². The van der Waals surface area contributed by atoms with Gasteiger partial charge in [-0.15, -0.1) is 12.4 Å². The summed E-state index contributed by atoms with van der Waals surface area (Å²) in [5, 5.41) is 0. The van der Waals surface area contributed by atoms with Crippen molar-refractivity contribution >= 4 is 12.4 Å². The maximum atomic E-state index is 2.47. The van der Waals surface area contributed by atoms with Gasteiger partial charge in [0.2, 0.25) is 0 Å². The predicted molar refractivity (Wildman–Crippen MR) is 115 cm³/mol. The van der Waals surface area contributed by atoms with Gasteiger partial charge in [-0.1, -0.05) is 110 Å². The van der Waals surface area contributed by atoms with Gasteiger partial charge in [0.1, 0.15) is 0 Å². The van der Waals surface area contributed by atoms with E-state index in [1.54, 1.807) is 0 Å². The lowest BCUT2D eigenvalue weighted by Gasteiger charge is -2.24. The average molecular weight is 362 g/mol. The SMILES string of the molecule is CCCCCCCCCCC(CCCCCCCCC)N(C)C.Cl. The summed E-state index contributed by atoms with van der Waals surface area (Å²) in [5.41, 5.74) is 0. The number of rotatable bonds is 18. The second-order valence-corrected chi connectivity index (χ2v) is 7.79. The highest BCUT2D eigenvalue weighted by Gasteiger charge is 2.10. The van der Waals surface area contributed by atoms with Crippen molar-refractivity contribution in [1.29, 1.82) is 0 Å². The van der Waals surface area contributed by atoms with Crippen LogP contribution in [0.3, 0.4) is 0 Å². The van der Waals surface area contributed by atoms with Gasteiger partial charge >= 0.3 is 0 Å². The number of hydrogen-bond donors (Lipinski definition) is 0. The minimum Gasteiger partial charge on any atom is -0.306 e. The molecule has 0 aromatic carbocycles. The first-order valence-electron chi connectivity index (χ1n) is 10.9. The molecular formula is C22H48ClN. The Bertz CT molecular complexity index is 218. The fourth-order valence-corrected chi connectivity index (χ4v) is 3.51. The maximum absolute atomic E-state index is 2.47. The van der Waals surface area contributed by atoms with E-state index in [2.05, 4.69) is 32.8 Å². The van der Waals surface area contributed by atoms with Gasteiger partial charge < -0.3 is 4.90 Å². The van der Waals surface area contributed by atoms with Gasteiger partial charge in [-0.25, -0.2) is 0 Å². The first-order chi connectivity index (χ1) is 11.2. The summed E-state index contributed by atoms with van der Waals surface area (Å²) in [4.78, 5) is 2.47. The quantitative estimate of drug-likeness (QED) is 0.223. The molecule has 0 bridgehead atoms. The molecule has 0 saturated heterocycles. The highest BCUT2D eigenvalue weighted by molar-refractivity contribution is 5.85. The van der Waals surface area contributed by atoms with Crippen LogP contribution in [0.15, 0.2) is 0 Å². The van der Waals surface area contributed by atoms with Crippen LogP contribution in [0.25, 0.3) is 0 Å². The van der Waals surface area contributed by atoms with Crippen LogP contribution in [0.5, 0.6) is 0 Å². The van der Waals surface area contributed by atoms with Crippen molar-refractivity contribution in [3.8, 4) is 0 Å². The molecule has 0 rings (SSSR count). The molecule has 0 radical (unpaired) electrons. The summed E-state index contributed by atoms with van der Waals surface area (Å²) in [6, 6.07) is 0.825. The van der Waals surface area contributed by atoms with E-state index < -0.39 is 0 Å². The average Bonchev–Trinajstić information content (AvgIpc) is 2.54. The fourth-order valence-electron chi connectivity index (χ4n) is 3.51. The molecule has 2 heteroatoms. The van der Waals surface area contributed by atoms with Gasteiger partial charge in [-0.2, -0.15) is 0 Å². The molecule has 1 atom stereocenters. The summed E-state index contributed by atoms with van der Waals surface area (Å²) in [6.07, 6.45) is 24.4. The summed E-state index contributed by atoms with van der Waals surface area (Å²) in [6.45, 7) is 4.60. The van der Waals surface area contributed by atoms with Crippen LogP contribution in [0, 0.1) is 0 Å². The van der Waals surface area contributed by atoms with E-state index in [4.69, 9.17) is 0 Å². The smallest absolute Gasteiger partial charge is 0.00891 e. The van der Waals surface area contributed by atoms with Gasteiger partial charge in [0, 0.05) is 6.04 Å². The number of halogens is 1. The molecule has 148 valence electrons. The molecule has 0 saturated carbocycles. The standard InChI is InChI=1S/C22H47N.ClH/c1-5-7-9-11-13-15-17-19-21-22(23(3)4)20-18-16-14-12-10-8-6-2;/h22H,5-21H2,1-4H3;1H. The van der Waals surface area contributed by atoms with E-state index in [-0.39, 0.29) is 12.4 Å². The summed E-state index contributed by atoms with van der Waals surface area (Å²) < 4.78 is 0. The van der Waals surface area contributed by atoms with E-state index in [0.717, 1.165) is 6.04 Å². The highest BCUT2D eigenvalue weighted by Crippen LogP contribution is 2.17. The molecule has 0 N–H and O–H groups in total. The zero-order chi connectivity index (χ0) is 17.2. The molecule has 0 heterocycles. The monoisotopic (exact) mass is 361 g/mol. The lowest BCUT2D eigenvalue weighted by molar-refractivity contribution is 0.251. The molecule has 0 aromatic rings. The normalized spacial score (nSPS) is 12.4. The predicted octanol–water partition coefficient (Wildman–Crippen LogP) is 8.01. The Hall–Kier alpha value is 0.250. The first-order valence-corrected chi connectivity index (χ1v) is 10.9. The third kappa shape index (κ3) is 18.6. The Kier molecular flexibility index (Phi) is 23.5. The topological polar surface area (TPSA) is 3.24 Å². The Morgan fingerprint density at radius 2 is 0.792 bits per heavy atom. The minimum absolute atomic E-state index is 0. The molecular weight excluding hydrogens is 314 g/mol. The Morgan fingerprint density at radius 3 is 1.08 bits per heavy atom. The van der Waals surface area contributed by atoms with Gasteiger partial charge in [-0.3, -0.25) is 0 Å². The lowest BCUT2D eigenvalue weighted by atomic mass is 9.99. The van der Waals surface area contributed by atoms with E-state index >= 15 is 0 Å². The molecule has 0 spiro atoms. The molecule has 0 aliphatic rings. The van der Waals surface area contributed by atoms with E-state index in [9.17, 15) is 0 Å². The third-order valence-corrected chi connectivity index (χ3v) is 5.26. The Morgan fingerprint density at radius 1 is 0.500 bits per heavy atom. The van der Waals surface area contributed by atoms with Crippen LogP contribution in [-0.4, -0.2) is 25.0 Å². The van der Waals surface area contributed by atoms with Crippen LogP contribution in [0.1, 0.15) is 123 Å². The van der Waals surface area contributed by atoms with Gasteiger partial charge in [0.05, 0.1) is 0 Å². The van der Waals surface area contributed by atoms with Gasteiger partial charge in [0.15, 0.2) is 0 Å². The molecule has 24 heavy (non-hydrogen) atoms. The molecule has 0 aliphatic carbocycles. The van der Waals surface area contributed by atoms with Crippen molar-refractivity contribution in [3.05, 3.63) is 0 Å². The Labute approximate surface area is 160 Å². The second-order valence-electron chi connectivity index (χ2n) is 7.79. The van der Waals surface area contributed by atoms with Crippen molar-refractivity contribution in [2.75, 3.05) is 14.1 Å². The molecule has 1 nitrogen and oxygen atoms in total. The largest absolute Gasteiger partial charge is 0.306 e. The minimum atomic E-state index is 0. The van der Waals surface area contributed by atoms with Crippen molar-refractivity contribution in [3.63, 3.8) is 0 Å². The number of hydrogen-bond acceptors (Lipinski definition) is 1. The Balaban J connectivity index is 0. The van der Waals surface area contributed by atoms with E-state index in [1.165, 1.54) is 109 Å². The summed E-state index contributed by atoms with van der Waals surface area (Å²) >= 11 is 0. The van der Waals surface area contributed by atoms with Crippen LogP contribution < -0.4 is 0 Å². The molecule has 0 aliphatic heterocycles. The molecule has 1 unspecified atom stereocenters. The summed E-state index contributed by atoms with van der Waals surface area (Å²) in [7, 11) is 4.55. The lowest BCUT2D eigenvalue weighted by Crippen LogP contribution is -2.27. The zero-order valence-corrected chi connectivity index (χ0v) is 18.3. The summed E-state index contributed by atoms with van der Waals surface area (Å²) in [5.74, 6) is 0. The van der Waals surface area contributed by atoms with E-state index in [1.807, 2.05) is 0 Å². The molecule has 0 fully saturated rings. The molecule has 0 amide bonds. The van der Waals surface area contributed by atoms with Gasteiger partial charge in [-0.05, 0) is 26.9 Å². The van der Waals surface area contributed by atoms with Crippen LogP contribution in [0.4, 0.5) is 0 Å². The zero-order valence-electron chi connectivity index (χ0n) is 17.5. The van der Waals surface area contributed by atoms with E-state index in [0.29, 0.717) is 0 Å². The van der Waals surface area contributed by atoms with Crippen molar-refractivity contribution in [2.24, 2.45) is 0 Å². The van der Waals surface area contributed by atoms with Crippen molar-refractivity contribution in [2.45, 2.75) is 129 Å².